The van der Waals surface area contributed by atoms with Gasteiger partial charge in [-0.05, 0) is 7.05 Å². The fourth-order valence-corrected chi connectivity index (χ4v) is 2.18. The maximum Gasteiger partial charge on any atom is 0.217 e. The fourth-order valence-electron chi connectivity index (χ4n) is 2.18. The second-order valence-corrected chi connectivity index (χ2v) is 3.87. The second kappa shape index (κ2) is 4.89. The zero-order valence-electron chi connectivity index (χ0n) is 8.84. The van der Waals surface area contributed by atoms with E-state index in [4.69, 9.17) is 5.11 Å². The number of hydrogen-bond donors (Lipinski definition) is 5. The van der Waals surface area contributed by atoms with Crippen LogP contribution in [0.3, 0.4) is 0 Å². The fraction of sp³-hybridized carbons (Fsp3) is 0.889. The normalized spacial score (nSPS) is 40.5. The third kappa shape index (κ3) is 2.28. The topological polar surface area (TPSA) is 102 Å². The Labute approximate surface area is 88.3 Å². The highest BCUT2D eigenvalue weighted by molar-refractivity contribution is 5.73. The van der Waals surface area contributed by atoms with E-state index in [9.17, 15) is 15.0 Å². The van der Waals surface area contributed by atoms with Crippen LogP contribution in [0, 0.1) is 5.92 Å². The smallest absolute Gasteiger partial charge is 0.217 e. The minimum absolute atomic E-state index is 0.236. The number of aliphatic hydroxyl groups excluding tert-OH is 3. The van der Waals surface area contributed by atoms with Gasteiger partial charge in [-0.1, -0.05) is 0 Å². The van der Waals surface area contributed by atoms with Crippen molar-refractivity contribution in [1.29, 1.82) is 0 Å². The van der Waals surface area contributed by atoms with E-state index in [0.29, 0.717) is 0 Å². The molecule has 6 heteroatoms. The molecule has 0 saturated heterocycles. The molecule has 1 fully saturated rings. The third-order valence-electron chi connectivity index (χ3n) is 2.92. The predicted molar refractivity (Wildman–Crippen MR) is 53.0 cm³/mol. The number of aliphatic hydroxyl groups is 3. The zero-order chi connectivity index (χ0) is 11.6. The second-order valence-electron chi connectivity index (χ2n) is 3.87. The Hall–Kier alpha value is -0.690. The highest BCUT2D eigenvalue weighted by atomic mass is 16.3. The van der Waals surface area contributed by atoms with Crippen molar-refractivity contribution in [2.45, 2.75) is 31.2 Å². The number of carbonyl (C=O) groups excluding carboxylic acids is 1. The molecule has 0 aromatic rings. The molecule has 0 aliphatic heterocycles. The van der Waals surface area contributed by atoms with Gasteiger partial charge in [-0.2, -0.15) is 0 Å². The van der Waals surface area contributed by atoms with Crippen LogP contribution in [0.1, 0.15) is 6.92 Å². The van der Waals surface area contributed by atoms with Crippen LogP contribution >= 0.6 is 0 Å². The number of carbonyl (C=O) groups is 1. The summed E-state index contributed by atoms with van der Waals surface area (Å²) < 4.78 is 0. The largest absolute Gasteiger partial charge is 0.396 e. The monoisotopic (exact) mass is 218 g/mol. The van der Waals surface area contributed by atoms with Crippen LogP contribution in [-0.2, 0) is 4.79 Å². The van der Waals surface area contributed by atoms with Gasteiger partial charge >= 0.3 is 0 Å². The zero-order valence-corrected chi connectivity index (χ0v) is 8.84. The van der Waals surface area contributed by atoms with Gasteiger partial charge in [0.05, 0.1) is 18.8 Å². The lowest BCUT2D eigenvalue weighted by Crippen LogP contribution is -2.51. The van der Waals surface area contributed by atoms with Gasteiger partial charge in [-0.25, -0.2) is 0 Å². The van der Waals surface area contributed by atoms with Gasteiger partial charge in [0.15, 0.2) is 0 Å². The molecule has 0 aromatic carbocycles. The van der Waals surface area contributed by atoms with Crippen LogP contribution in [0.25, 0.3) is 0 Å². The molecule has 0 radical (unpaired) electrons. The summed E-state index contributed by atoms with van der Waals surface area (Å²) in [6.07, 6.45) is -2.08. The predicted octanol–water partition coefficient (Wildman–Crippen LogP) is -2.58. The number of amides is 1. The lowest BCUT2D eigenvalue weighted by atomic mass is 10.0. The molecular weight excluding hydrogens is 200 g/mol. The van der Waals surface area contributed by atoms with Crippen LogP contribution in [0.5, 0.6) is 0 Å². The van der Waals surface area contributed by atoms with Crippen molar-refractivity contribution in [3.8, 4) is 0 Å². The summed E-state index contributed by atoms with van der Waals surface area (Å²) in [5.74, 6) is -0.744. The molecule has 0 spiro atoms. The van der Waals surface area contributed by atoms with E-state index >= 15 is 0 Å². The van der Waals surface area contributed by atoms with Crippen LogP contribution in [-0.4, -0.2) is 59.2 Å². The molecule has 0 heterocycles. The number of likely N-dealkylation sites (N-methyl/N-ethyl adjacent to an activating group) is 1. The molecule has 1 amide bonds. The van der Waals surface area contributed by atoms with Crippen LogP contribution in [0.4, 0.5) is 0 Å². The van der Waals surface area contributed by atoms with Crippen molar-refractivity contribution in [3.05, 3.63) is 0 Å². The first kappa shape index (κ1) is 12.4. The summed E-state index contributed by atoms with van der Waals surface area (Å²) in [6, 6.07) is -0.899. The summed E-state index contributed by atoms with van der Waals surface area (Å²) in [6.45, 7) is 1.11. The highest BCUT2D eigenvalue weighted by Gasteiger charge is 2.48. The lowest BCUT2D eigenvalue weighted by molar-refractivity contribution is -0.120. The Bertz CT molecular complexity index is 236. The Balaban J connectivity index is 2.80. The Morgan fingerprint density at radius 3 is 2.27 bits per heavy atom. The van der Waals surface area contributed by atoms with E-state index in [-0.39, 0.29) is 18.6 Å². The van der Waals surface area contributed by atoms with E-state index in [2.05, 4.69) is 10.6 Å². The van der Waals surface area contributed by atoms with Gasteiger partial charge in [0.2, 0.25) is 5.91 Å². The average Bonchev–Trinajstić information content (AvgIpc) is 2.41. The summed E-state index contributed by atoms with van der Waals surface area (Å²) in [4.78, 5) is 10.9. The van der Waals surface area contributed by atoms with E-state index < -0.39 is 24.2 Å². The van der Waals surface area contributed by atoms with Gasteiger partial charge in [0, 0.05) is 18.9 Å². The van der Waals surface area contributed by atoms with Crippen molar-refractivity contribution in [1.82, 2.24) is 10.6 Å². The molecule has 1 aliphatic carbocycles. The Kier molecular flexibility index (Phi) is 4.04. The van der Waals surface area contributed by atoms with E-state index in [1.54, 1.807) is 7.05 Å². The lowest BCUT2D eigenvalue weighted by Gasteiger charge is -2.24. The Morgan fingerprint density at radius 1 is 1.27 bits per heavy atom. The standard InChI is InChI=1S/C9H18N2O4/c1-4(13)11-7-6(10-2)5(3-12)8(14)9(7)15/h5-10,12,14-15H,3H2,1-2H3,(H,11,13)/t5-,6+,7-,8+,9+/m0/s1. The maximum absolute atomic E-state index is 10.9. The summed E-state index contributed by atoms with van der Waals surface area (Å²) in [5.41, 5.74) is 0. The van der Waals surface area contributed by atoms with Gasteiger partial charge in [-0.3, -0.25) is 4.79 Å². The SMILES string of the molecule is CN[C@@H]1[C@H](CO)[C@@H](O)[C@H](O)[C@H]1NC(C)=O. The number of rotatable bonds is 3. The molecular formula is C9H18N2O4. The van der Waals surface area contributed by atoms with Gasteiger partial charge in [0.25, 0.3) is 0 Å². The molecule has 88 valence electrons. The van der Waals surface area contributed by atoms with Crippen molar-refractivity contribution in [2.75, 3.05) is 13.7 Å². The van der Waals surface area contributed by atoms with Gasteiger partial charge < -0.3 is 26.0 Å². The van der Waals surface area contributed by atoms with Crippen molar-refractivity contribution in [2.24, 2.45) is 5.92 Å². The third-order valence-corrected chi connectivity index (χ3v) is 2.92. The maximum atomic E-state index is 10.9. The summed E-state index contributed by atoms with van der Waals surface area (Å²) in [7, 11) is 1.66. The first-order chi connectivity index (χ1) is 7.02. The van der Waals surface area contributed by atoms with Crippen molar-refractivity contribution < 1.29 is 20.1 Å². The molecule has 5 atom stereocenters. The first-order valence-electron chi connectivity index (χ1n) is 4.94. The minimum Gasteiger partial charge on any atom is -0.396 e. The molecule has 0 unspecified atom stereocenters. The van der Waals surface area contributed by atoms with Crippen LogP contribution < -0.4 is 10.6 Å². The molecule has 1 aliphatic rings. The first-order valence-corrected chi connectivity index (χ1v) is 4.94. The molecule has 15 heavy (non-hydrogen) atoms. The van der Waals surface area contributed by atoms with Crippen LogP contribution in [0.15, 0.2) is 0 Å². The van der Waals surface area contributed by atoms with Gasteiger partial charge in [-0.15, -0.1) is 0 Å². The molecule has 0 bridgehead atoms. The van der Waals surface area contributed by atoms with Crippen LogP contribution in [0.2, 0.25) is 0 Å². The quantitative estimate of drug-likeness (QED) is 0.358. The molecule has 5 N–H and O–H groups in total. The minimum atomic E-state index is -1.05. The summed E-state index contributed by atoms with van der Waals surface area (Å²) >= 11 is 0. The van der Waals surface area contributed by atoms with E-state index in [1.165, 1.54) is 6.92 Å². The molecule has 6 nitrogen and oxygen atoms in total. The van der Waals surface area contributed by atoms with E-state index in [0.717, 1.165) is 0 Å². The number of nitrogens with one attached hydrogen (secondary N) is 2. The van der Waals surface area contributed by atoms with Gasteiger partial charge in [0.1, 0.15) is 6.10 Å². The van der Waals surface area contributed by atoms with E-state index in [1.807, 2.05) is 0 Å². The average molecular weight is 218 g/mol. The molecule has 1 rings (SSSR count). The Morgan fingerprint density at radius 2 is 1.87 bits per heavy atom. The molecule has 0 aromatic heterocycles. The highest BCUT2D eigenvalue weighted by Crippen LogP contribution is 2.26. The summed E-state index contributed by atoms with van der Waals surface area (Å²) in [5, 5.41) is 33.9. The van der Waals surface area contributed by atoms with Crippen molar-refractivity contribution in [3.63, 3.8) is 0 Å². The number of hydrogen-bond acceptors (Lipinski definition) is 5. The van der Waals surface area contributed by atoms with Crippen molar-refractivity contribution >= 4 is 5.91 Å². The molecule has 1 saturated carbocycles.